The third kappa shape index (κ3) is 2.49. The van der Waals surface area contributed by atoms with E-state index in [1.807, 2.05) is 18.2 Å². The number of ether oxygens (including phenoxy) is 1. The van der Waals surface area contributed by atoms with Gasteiger partial charge in [-0.25, -0.2) is 0 Å². The zero-order chi connectivity index (χ0) is 13.5. The molecule has 3 nitrogen and oxygen atoms in total. The van der Waals surface area contributed by atoms with Crippen LogP contribution in [0.4, 0.5) is 0 Å². The highest BCUT2D eigenvalue weighted by molar-refractivity contribution is 5.38. The number of benzene rings is 1. The minimum atomic E-state index is 0.0684. The van der Waals surface area contributed by atoms with E-state index in [2.05, 4.69) is 24.8 Å². The quantitative estimate of drug-likeness (QED) is 0.843. The summed E-state index contributed by atoms with van der Waals surface area (Å²) in [5, 5.41) is 0. The van der Waals surface area contributed by atoms with Crippen LogP contribution in [-0.4, -0.2) is 30.6 Å². The van der Waals surface area contributed by atoms with Crippen molar-refractivity contribution in [2.24, 2.45) is 11.1 Å². The molecule has 0 aliphatic carbocycles. The van der Waals surface area contributed by atoms with E-state index in [4.69, 9.17) is 10.5 Å². The summed E-state index contributed by atoms with van der Waals surface area (Å²) in [5.41, 5.74) is 8.04. The summed E-state index contributed by atoms with van der Waals surface area (Å²) in [6, 6.07) is 8.56. The lowest BCUT2D eigenvalue weighted by Gasteiger charge is -2.45. The Labute approximate surface area is 115 Å². The molecule has 1 saturated heterocycles. The zero-order valence-corrected chi connectivity index (χ0v) is 11.9. The smallest absolute Gasteiger partial charge is 0.124 e. The fourth-order valence-corrected chi connectivity index (χ4v) is 3.46. The van der Waals surface area contributed by atoms with Gasteiger partial charge in [-0.1, -0.05) is 32.0 Å². The topological polar surface area (TPSA) is 38.5 Å². The molecule has 0 spiro atoms. The van der Waals surface area contributed by atoms with Crippen LogP contribution in [0.5, 0.6) is 5.75 Å². The van der Waals surface area contributed by atoms with E-state index in [9.17, 15) is 0 Å². The Morgan fingerprint density at radius 3 is 2.89 bits per heavy atom. The summed E-state index contributed by atoms with van der Waals surface area (Å²) in [4.78, 5) is 2.53. The summed E-state index contributed by atoms with van der Waals surface area (Å²) in [7, 11) is 0. The maximum absolute atomic E-state index is 6.49. The average Bonchev–Trinajstić information content (AvgIpc) is 2.38. The lowest BCUT2D eigenvalue weighted by atomic mass is 9.82. The second-order valence-corrected chi connectivity index (χ2v) is 6.68. The van der Waals surface area contributed by atoms with Gasteiger partial charge in [0, 0.05) is 12.1 Å². The van der Waals surface area contributed by atoms with E-state index in [0.29, 0.717) is 18.1 Å². The number of fused-ring (bicyclic) bond motifs is 1. The van der Waals surface area contributed by atoms with Gasteiger partial charge in [0.05, 0.1) is 12.1 Å². The minimum Gasteiger partial charge on any atom is -0.492 e. The van der Waals surface area contributed by atoms with Crippen molar-refractivity contribution in [1.82, 2.24) is 4.90 Å². The highest BCUT2D eigenvalue weighted by Gasteiger charge is 2.36. The molecule has 3 rings (SSSR count). The Kier molecular flexibility index (Phi) is 3.27. The molecule has 2 N–H and O–H groups in total. The summed E-state index contributed by atoms with van der Waals surface area (Å²) in [6.45, 7) is 7.68. The third-order valence-corrected chi connectivity index (χ3v) is 4.50. The number of nitrogens with two attached hydrogens (primary N) is 1. The lowest BCUT2D eigenvalue weighted by molar-refractivity contribution is 0.0343. The SMILES string of the molecule is CC1(C)CCCN(C2COc3ccccc3C2N)C1. The maximum atomic E-state index is 6.49. The van der Waals surface area contributed by atoms with E-state index in [0.717, 1.165) is 24.4 Å². The summed E-state index contributed by atoms with van der Waals surface area (Å²) >= 11 is 0. The second kappa shape index (κ2) is 4.80. The fourth-order valence-electron chi connectivity index (χ4n) is 3.46. The Morgan fingerprint density at radius 1 is 1.32 bits per heavy atom. The Morgan fingerprint density at radius 2 is 2.11 bits per heavy atom. The molecule has 0 saturated carbocycles. The first-order valence-corrected chi connectivity index (χ1v) is 7.28. The molecule has 2 heterocycles. The summed E-state index contributed by atoms with van der Waals surface area (Å²) in [6.07, 6.45) is 2.57. The molecule has 0 amide bonds. The van der Waals surface area contributed by atoms with Gasteiger partial charge in [-0.2, -0.15) is 0 Å². The number of rotatable bonds is 1. The number of hydrogen-bond acceptors (Lipinski definition) is 3. The third-order valence-electron chi connectivity index (χ3n) is 4.50. The largest absolute Gasteiger partial charge is 0.492 e. The molecule has 2 aliphatic rings. The molecule has 0 radical (unpaired) electrons. The fraction of sp³-hybridized carbons (Fsp3) is 0.625. The molecule has 1 aromatic carbocycles. The maximum Gasteiger partial charge on any atom is 0.124 e. The average molecular weight is 260 g/mol. The van der Waals surface area contributed by atoms with Crippen molar-refractivity contribution in [2.75, 3.05) is 19.7 Å². The zero-order valence-electron chi connectivity index (χ0n) is 11.9. The van der Waals surface area contributed by atoms with Gasteiger partial charge in [-0.15, -0.1) is 0 Å². The molecular weight excluding hydrogens is 236 g/mol. The van der Waals surface area contributed by atoms with Gasteiger partial charge in [-0.05, 0) is 30.9 Å². The highest BCUT2D eigenvalue weighted by Crippen LogP contribution is 2.36. The van der Waals surface area contributed by atoms with E-state index in [1.54, 1.807) is 0 Å². The number of likely N-dealkylation sites (tertiary alicyclic amines) is 1. The number of piperidine rings is 1. The monoisotopic (exact) mass is 260 g/mol. The van der Waals surface area contributed by atoms with E-state index >= 15 is 0 Å². The van der Waals surface area contributed by atoms with Gasteiger partial charge < -0.3 is 10.5 Å². The van der Waals surface area contributed by atoms with Crippen LogP contribution in [0, 0.1) is 5.41 Å². The number of hydrogen-bond donors (Lipinski definition) is 1. The summed E-state index contributed by atoms with van der Waals surface area (Å²) < 4.78 is 5.91. The van der Waals surface area contributed by atoms with Crippen LogP contribution >= 0.6 is 0 Å². The van der Waals surface area contributed by atoms with E-state index in [-0.39, 0.29) is 6.04 Å². The van der Waals surface area contributed by atoms with Crippen LogP contribution in [0.1, 0.15) is 38.3 Å². The van der Waals surface area contributed by atoms with E-state index < -0.39 is 0 Å². The first-order valence-electron chi connectivity index (χ1n) is 7.28. The van der Waals surface area contributed by atoms with Crippen molar-refractivity contribution in [3.05, 3.63) is 29.8 Å². The van der Waals surface area contributed by atoms with Crippen LogP contribution in [0.3, 0.4) is 0 Å². The normalized spacial score (nSPS) is 30.5. The molecule has 19 heavy (non-hydrogen) atoms. The number of nitrogens with zero attached hydrogens (tertiary/aromatic N) is 1. The molecule has 2 atom stereocenters. The standard InChI is InChI=1S/C16H24N2O/c1-16(2)8-5-9-18(11-16)13-10-19-14-7-4-3-6-12(14)15(13)17/h3-4,6-7,13,15H,5,8-11,17H2,1-2H3. The van der Waals surface area contributed by atoms with Crippen molar-refractivity contribution < 1.29 is 4.74 Å². The van der Waals surface area contributed by atoms with Crippen molar-refractivity contribution >= 4 is 0 Å². The minimum absolute atomic E-state index is 0.0684. The van der Waals surface area contributed by atoms with Crippen LogP contribution in [0.2, 0.25) is 0 Å². The lowest BCUT2D eigenvalue weighted by Crippen LogP contribution is -2.53. The second-order valence-electron chi connectivity index (χ2n) is 6.68. The number of para-hydroxylation sites is 1. The van der Waals surface area contributed by atoms with Crippen LogP contribution < -0.4 is 10.5 Å². The van der Waals surface area contributed by atoms with E-state index in [1.165, 1.54) is 12.8 Å². The van der Waals surface area contributed by atoms with Gasteiger partial charge in [0.2, 0.25) is 0 Å². The summed E-state index contributed by atoms with van der Waals surface area (Å²) in [5.74, 6) is 0.961. The first kappa shape index (κ1) is 12.9. The van der Waals surface area contributed by atoms with Gasteiger partial charge in [0.15, 0.2) is 0 Å². The van der Waals surface area contributed by atoms with Gasteiger partial charge >= 0.3 is 0 Å². The Hall–Kier alpha value is -1.06. The predicted molar refractivity (Wildman–Crippen MR) is 77.2 cm³/mol. The van der Waals surface area contributed by atoms with Crippen LogP contribution in [-0.2, 0) is 0 Å². The Bertz CT molecular complexity index is 458. The Balaban J connectivity index is 1.80. The molecule has 2 aliphatic heterocycles. The van der Waals surface area contributed by atoms with Crippen molar-refractivity contribution in [3.63, 3.8) is 0 Å². The molecule has 1 fully saturated rings. The van der Waals surface area contributed by atoms with Crippen molar-refractivity contribution in [3.8, 4) is 5.75 Å². The molecule has 0 aromatic heterocycles. The van der Waals surface area contributed by atoms with Crippen LogP contribution in [0.15, 0.2) is 24.3 Å². The van der Waals surface area contributed by atoms with Gasteiger partial charge in [-0.3, -0.25) is 4.90 Å². The predicted octanol–water partition coefficient (Wildman–Crippen LogP) is 2.57. The molecule has 0 bridgehead atoms. The van der Waals surface area contributed by atoms with Gasteiger partial charge in [0.25, 0.3) is 0 Å². The molecule has 3 heteroatoms. The first-order chi connectivity index (χ1) is 9.07. The highest BCUT2D eigenvalue weighted by atomic mass is 16.5. The molecule has 104 valence electrons. The van der Waals surface area contributed by atoms with Crippen molar-refractivity contribution in [1.29, 1.82) is 0 Å². The van der Waals surface area contributed by atoms with Crippen LogP contribution in [0.25, 0.3) is 0 Å². The molecule has 2 unspecified atom stereocenters. The molecular formula is C16H24N2O. The molecule has 1 aromatic rings. The van der Waals surface area contributed by atoms with Crippen molar-refractivity contribution in [2.45, 2.75) is 38.8 Å². The van der Waals surface area contributed by atoms with Gasteiger partial charge in [0.1, 0.15) is 12.4 Å².